The fourth-order valence-electron chi connectivity index (χ4n) is 1.82. The molecule has 100 valence electrons. The van der Waals surface area contributed by atoms with Crippen molar-refractivity contribution in [3.8, 4) is 0 Å². The molecule has 0 aliphatic rings. The van der Waals surface area contributed by atoms with Gasteiger partial charge in [-0.05, 0) is 31.2 Å². The summed E-state index contributed by atoms with van der Waals surface area (Å²) in [6.45, 7) is 0.485. The van der Waals surface area contributed by atoms with Gasteiger partial charge in [-0.25, -0.2) is 0 Å². The van der Waals surface area contributed by atoms with Crippen molar-refractivity contribution in [2.45, 2.75) is 18.9 Å². The summed E-state index contributed by atoms with van der Waals surface area (Å²) in [4.78, 5) is 12.7. The van der Waals surface area contributed by atoms with E-state index >= 15 is 0 Å². The first-order valence-electron chi connectivity index (χ1n) is 5.80. The Hall–Kier alpha value is -1.10. The van der Waals surface area contributed by atoms with Crippen molar-refractivity contribution in [2.75, 3.05) is 20.2 Å². The van der Waals surface area contributed by atoms with Crippen LogP contribution in [0.1, 0.15) is 12.0 Å². The number of carboxylic acid groups (broad SMARTS) is 1. The first-order valence-corrected chi connectivity index (χ1v) is 6.18. The van der Waals surface area contributed by atoms with E-state index in [1.54, 1.807) is 12.1 Å². The second kappa shape index (κ2) is 7.36. The number of rotatable bonds is 7. The number of aliphatic carboxylic acids is 1. The first-order chi connectivity index (χ1) is 8.52. The molecular formula is C13H18ClNO3. The van der Waals surface area contributed by atoms with Gasteiger partial charge in [0, 0.05) is 17.6 Å². The highest BCUT2D eigenvalue weighted by Gasteiger charge is 2.18. The molecule has 0 spiro atoms. The number of carboxylic acids is 1. The van der Waals surface area contributed by atoms with Crippen LogP contribution in [0.4, 0.5) is 0 Å². The molecule has 1 unspecified atom stereocenters. The maximum Gasteiger partial charge on any atom is 0.304 e. The summed E-state index contributed by atoms with van der Waals surface area (Å²) in [7, 11) is 1.82. The fourth-order valence-corrected chi connectivity index (χ4v) is 1.94. The highest BCUT2D eigenvalue weighted by Crippen LogP contribution is 2.14. The normalized spacial score (nSPS) is 12.7. The lowest BCUT2D eigenvalue weighted by Crippen LogP contribution is -2.37. The minimum atomic E-state index is -0.834. The molecule has 0 bridgehead atoms. The van der Waals surface area contributed by atoms with Gasteiger partial charge in [-0.3, -0.25) is 4.79 Å². The lowest BCUT2D eigenvalue weighted by atomic mass is 10.0. The van der Waals surface area contributed by atoms with Gasteiger partial charge in [0.15, 0.2) is 0 Å². The summed E-state index contributed by atoms with van der Waals surface area (Å²) >= 11 is 5.81. The number of carbonyl (C=O) groups is 1. The van der Waals surface area contributed by atoms with E-state index in [1.807, 2.05) is 24.1 Å². The van der Waals surface area contributed by atoms with Crippen LogP contribution in [-0.2, 0) is 11.2 Å². The number of hydrogen-bond acceptors (Lipinski definition) is 3. The SMILES string of the molecule is CN(CCO)C(CC(=O)O)Cc1ccc(Cl)cc1. The lowest BCUT2D eigenvalue weighted by molar-refractivity contribution is -0.138. The summed E-state index contributed by atoms with van der Waals surface area (Å²) in [6, 6.07) is 7.24. The third kappa shape index (κ3) is 5.04. The van der Waals surface area contributed by atoms with Crippen LogP contribution in [0.25, 0.3) is 0 Å². The van der Waals surface area contributed by atoms with Crippen LogP contribution in [0.3, 0.4) is 0 Å². The minimum absolute atomic E-state index is 0.0211. The van der Waals surface area contributed by atoms with Crippen LogP contribution < -0.4 is 0 Å². The van der Waals surface area contributed by atoms with Gasteiger partial charge in [-0.2, -0.15) is 0 Å². The Balaban J connectivity index is 2.70. The van der Waals surface area contributed by atoms with E-state index in [0.29, 0.717) is 18.0 Å². The van der Waals surface area contributed by atoms with Crippen molar-refractivity contribution in [1.82, 2.24) is 4.90 Å². The lowest BCUT2D eigenvalue weighted by Gasteiger charge is -2.26. The summed E-state index contributed by atoms with van der Waals surface area (Å²) in [5.41, 5.74) is 1.04. The number of nitrogens with zero attached hydrogens (tertiary/aromatic N) is 1. The van der Waals surface area contributed by atoms with Gasteiger partial charge in [0.1, 0.15) is 0 Å². The molecule has 18 heavy (non-hydrogen) atoms. The molecule has 0 fully saturated rings. The van der Waals surface area contributed by atoms with E-state index in [1.165, 1.54) is 0 Å². The van der Waals surface area contributed by atoms with E-state index in [0.717, 1.165) is 5.56 Å². The molecule has 2 N–H and O–H groups in total. The van der Waals surface area contributed by atoms with Gasteiger partial charge in [0.25, 0.3) is 0 Å². The average molecular weight is 272 g/mol. The van der Waals surface area contributed by atoms with E-state index in [9.17, 15) is 4.79 Å². The molecular weight excluding hydrogens is 254 g/mol. The molecule has 0 aromatic heterocycles. The molecule has 0 aliphatic heterocycles. The number of aliphatic hydroxyl groups excluding tert-OH is 1. The van der Waals surface area contributed by atoms with Crippen molar-refractivity contribution in [3.05, 3.63) is 34.9 Å². The van der Waals surface area contributed by atoms with Gasteiger partial charge in [0.2, 0.25) is 0 Å². The second-order valence-electron chi connectivity index (χ2n) is 4.29. The molecule has 1 aromatic rings. The highest BCUT2D eigenvalue weighted by atomic mass is 35.5. The standard InChI is InChI=1S/C13H18ClNO3/c1-15(6-7-16)12(9-13(17)18)8-10-2-4-11(14)5-3-10/h2-5,12,16H,6-9H2,1H3,(H,17,18). The van der Waals surface area contributed by atoms with E-state index in [2.05, 4.69) is 0 Å². The van der Waals surface area contributed by atoms with Gasteiger partial charge in [-0.15, -0.1) is 0 Å². The van der Waals surface area contributed by atoms with Crippen molar-refractivity contribution >= 4 is 17.6 Å². The Kier molecular flexibility index (Phi) is 6.12. The number of aliphatic hydroxyl groups is 1. The molecule has 1 atom stereocenters. The quantitative estimate of drug-likeness (QED) is 0.792. The second-order valence-corrected chi connectivity index (χ2v) is 4.72. The predicted octanol–water partition coefficient (Wildman–Crippen LogP) is 1.65. The Morgan fingerprint density at radius 2 is 2.00 bits per heavy atom. The molecule has 0 amide bonds. The van der Waals surface area contributed by atoms with E-state index < -0.39 is 5.97 Å². The zero-order valence-electron chi connectivity index (χ0n) is 10.3. The van der Waals surface area contributed by atoms with Crippen LogP contribution in [0.15, 0.2) is 24.3 Å². The van der Waals surface area contributed by atoms with Gasteiger partial charge < -0.3 is 15.1 Å². The summed E-state index contributed by atoms with van der Waals surface area (Å²) in [6.07, 6.45) is 0.680. The smallest absolute Gasteiger partial charge is 0.304 e. The van der Waals surface area contributed by atoms with Gasteiger partial charge in [0.05, 0.1) is 13.0 Å². The largest absolute Gasteiger partial charge is 0.481 e. The summed E-state index contributed by atoms with van der Waals surface area (Å²) in [5.74, 6) is -0.834. The monoisotopic (exact) mass is 271 g/mol. The van der Waals surface area contributed by atoms with Crippen molar-refractivity contribution in [1.29, 1.82) is 0 Å². The van der Waals surface area contributed by atoms with Crippen molar-refractivity contribution in [3.63, 3.8) is 0 Å². The first kappa shape index (κ1) is 15.0. The molecule has 4 nitrogen and oxygen atoms in total. The Labute approximate surface area is 112 Å². The number of likely N-dealkylation sites (N-methyl/N-ethyl adjacent to an activating group) is 1. The number of benzene rings is 1. The Morgan fingerprint density at radius 1 is 1.39 bits per heavy atom. The Morgan fingerprint density at radius 3 is 2.50 bits per heavy atom. The molecule has 0 saturated heterocycles. The predicted molar refractivity (Wildman–Crippen MR) is 70.9 cm³/mol. The van der Waals surface area contributed by atoms with Crippen molar-refractivity contribution < 1.29 is 15.0 Å². The minimum Gasteiger partial charge on any atom is -0.481 e. The highest BCUT2D eigenvalue weighted by molar-refractivity contribution is 6.30. The van der Waals surface area contributed by atoms with E-state index in [4.69, 9.17) is 21.8 Å². The average Bonchev–Trinajstić information content (AvgIpc) is 2.31. The topological polar surface area (TPSA) is 60.8 Å². The number of halogens is 1. The zero-order valence-corrected chi connectivity index (χ0v) is 11.1. The summed E-state index contributed by atoms with van der Waals surface area (Å²) in [5, 5.41) is 18.5. The zero-order chi connectivity index (χ0) is 13.5. The molecule has 1 rings (SSSR count). The number of hydrogen-bond donors (Lipinski definition) is 2. The molecule has 0 radical (unpaired) electrons. The maximum absolute atomic E-state index is 10.9. The molecule has 0 aliphatic carbocycles. The van der Waals surface area contributed by atoms with Crippen LogP contribution in [0.2, 0.25) is 5.02 Å². The van der Waals surface area contributed by atoms with Crippen LogP contribution in [0.5, 0.6) is 0 Å². The third-order valence-corrected chi connectivity index (χ3v) is 3.12. The molecule has 1 aromatic carbocycles. The van der Waals surface area contributed by atoms with Crippen molar-refractivity contribution in [2.24, 2.45) is 0 Å². The van der Waals surface area contributed by atoms with Crippen LogP contribution in [0, 0.1) is 0 Å². The third-order valence-electron chi connectivity index (χ3n) is 2.87. The van der Waals surface area contributed by atoms with E-state index in [-0.39, 0.29) is 19.1 Å². The molecule has 0 saturated carbocycles. The van der Waals surface area contributed by atoms with Gasteiger partial charge >= 0.3 is 5.97 Å². The van der Waals surface area contributed by atoms with Crippen LogP contribution in [-0.4, -0.2) is 47.3 Å². The molecule has 5 heteroatoms. The fraction of sp³-hybridized carbons (Fsp3) is 0.462. The Bertz CT molecular complexity index is 380. The maximum atomic E-state index is 10.9. The molecule has 0 heterocycles. The van der Waals surface area contributed by atoms with Gasteiger partial charge in [-0.1, -0.05) is 23.7 Å². The van der Waals surface area contributed by atoms with Crippen LogP contribution >= 0.6 is 11.6 Å². The summed E-state index contributed by atoms with van der Waals surface area (Å²) < 4.78 is 0.